The fourth-order valence-electron chi connectivity index (χ4n) is 2.36. The van der Waals surface area contributed by atoms with Crippen LogP contribution in [0.4, 0.5) is 5.69 Å². The molecule has 18 heavy (non-hydrogen) atoms. The van der Waals surface area contributed by atoms with Crippen LogP contribution in [-0.2, 0) is 13.0 Å². The fraction of sp³-hybridized carbons (Fsp3) is 0.500. The topological polar surface area (TPSA) is 24.1 Å². The van der Waals surface area contributed by atoms with Gasteiger partial charge in [-0.2, -0.15) is 0 Å². The number of anilines is 1. The van der Waals surface area contributed by atoms with Crippen molar-refractivity contribution in [3.8, 4) is 0 Å². The van der Waals surface area contributed by atoms with Gasteiger partial charge in [-0.1, -0.05) is 38.5 Å². The first-order valence-corrected chi connectivity index (χ1v) is 7.07. The summed E-state index contributed by atoms with van der Waals surface area (Å²) in [6, 6.07) is 6.71. The summed E-state index contributed by atoms with van der Waals surface area (Å²) in [5.41, 5.74) is 5.18. The maximum atomic E-state index is 3.99. The first-order chi connectivity index (χ1) is 8.79. The molecule has 1 aromatic carbocycles. The van der Waals surface area contributed by atoms with Crippen molar-refractivity contribution in [2.24, 2.45) is 0 Å². The van der Waals surface area contributed by atoms with Crippen molar-refractivity contribution in [3.63, 3.8) is 0 Å². The molecule has 0 atom stereocenters. The van der Waals surface area contributed by atoms with Crippen molar-refractivity contribution >= 4 is 5.69 Å². The Kier molecular flexibility index (Phi) is 4.82. The third-order valence-corrected chi connectivity index (χ3v) is 3.46. The van der Waals surface area contributed by atoms with Gasteiger partial charge in [-0.05, 0) is 43.0 Å². The monoisotopic (exact) mass is 244 g/mol. The zero-order chi connectivity index (χ0) is 12.8. The Labute approximate surface area is 110 Å². The largest absolute Gasteiger partial charge is 0.359 e. The summed E-state index contributed by atoms with van der Waals surface area (Å²) in [5.74, 6) is 0. The molecule has 0 spiro atoms. The fourth-order valence-corrected chi connectivity index (χ4v) is 2.36. The lowest BCUT2D eigenvalue weighted by Crippen LogP contribution is -2.15. The zero-order valence-corrected chi connectivity index (χ0v) is 11.4. The molecule has 0 aromatic heterocycles. The third kappa shape index (κ3) is 3.61. The van der Waals surface area contributed by atoms with Crippen molar-refractivity contribution in [1.29, 1.82) is 0 Å². The Morgan fingerprint density at radius 3 is 3.00 bits per heavy atom. The number of fused-ring (bicyclic) bond motifs is 1. The second kappa shape index (κ2) is 6.60. The lowest BCUT2D eigenvalue weighted by atomic mass is 9.99. The Balaban J connectivity index is 1.85. The van der Waals surface area contributed by atoms with E-state index in [1.807, 2.05) is 0 Å². The van der Waals surface area contributed by atoms with E-state index in [0.29, 0.717) is 0 Å². The van der Waals surface area contributed by atoms with Gasteiger partial charge in [0.05, 0.1) is 0 Å². The maximum Gasteiger partial charge on any atom is 0.0414 e. The van der Waals surface area contributed by atoms with Crippen LogP contribution < -0.4 is 10.6 Å². The minimum Gasteiger partial charge on any atom is -0.359 e. The Morgan fingerprint density at radius 1 is 1.28 bits per heavy atom. The maximum absolute atomic E-state index is 3.99. The van der Waals surface area contributed by atoms with E-state index in [1.54, 1.807) is 0 Å². The minimum absolute atomic E-state index is 0.984. The minimum atomic E-state index is 0.984. The second-order valence-electron chi connectivity index (χ2n) is 5.10. The first kappa shape index (κ1) is 13.2. The van der Waals surface area contributed by atoms with E-state index in [0.717, 1.165) is 31.6 Å². The molecule has 2 heteroatoms. The van der Waals surface area contributed by atoms with Crippen LogP contribution in [0.2, 0.25) is 0 Å². The van der Waals surface area contributed by atoms with Crippen molar-refractivity contribution in [3.05, 3.63) is 41.6 Å². The van der Waals surface area contributed by atoms with Gasteiger partial charge < -0.3 is 10.6 Å². The quantitative estimate of drug-likeness (QED) is 0.743. The number of aryl methyl sites for hydroxylation is 1. The highest BCUT2D eigenvalue weighted by atomic mass is 14.9. The van der Waals surface area contributed by atoms with Gasteiger partial charge in [0.25, 0.3) is 0 Å². The molecule has 1 aromatic rings. The van der Waals surface area contributed by atoms with Crippen molar-refractivity contribution in [2.75, 3.05) is 11.9 Å². The molecule has 2 rings (SSSR count). The number of hydrogen-bond donors (Lipinski definition) is 2. The highest BCUT2D eigenvalue weighted by Crippen LogP contribution is 2.26. The van der Waals surface area contributed by atoms with Crippen LogP contribution in [0.3, 0.4) is 0 Å². The van der Waals surface area contributed by atoms with Gasteiger partial charge in [0, 0.05) is 17.9 Å². The molecule has 0 saturated carbocycles. The Hall–Kier alpha value is -1.28. The van der Waals surface area contributed by atoms with Crippen molar-refractivity contribution in [2.45, 2.75) is 45.6 Å². The van der Waals surface area contributed by atoms with E-state index in [1.165, 1.54) is 36.1 Å². The van der Waals surface area contributed by atoms with E-state index in [2.05, 4.69) is 42.3 Å². The number of unbranched alkanes of at least 4 members (excludes halogenated alkanes) is 2. The van der Waals surface area contributed by atoms with Crippen LogP contribution in [-0.4, -0.2) is 6.54 Å². The highest BCUT2D eigenvalue weighted by Gasteiger charge is 2.10. The number of rotatable bonds is 6. The lowest BCUT2D eigenvalue weighted by molar-refractivity contribution is 0.616. The SMILES string of the molecule is C=C1CCc2cc(CNCCCCC)ccc2N1. The summed E-state index contributed by atoms with van der Waals surface area (Å²) in [7, 11) is 0. The zero-order valence-electron chi connectivity index (χ0n) is 11.4. The van der Waals surface area contributed by atoms with Gasteiger partial charge in [0.15, 0.2) is 0 Å². The smallest absolute Gasteiger partial charge is 0.0414 e. The van der Waals surface area contributed by atoms with Gasteiger partial charge in [-0.25, -0.2) is 0 Å². The van der Waals surface area contributed by atoms with Crippen LogP contribution in [0.5, 0.6) is 0 Å². The number of allylic oxidation sites excluding steroid dienone is 1. The molecular formula is C16H24N2. The molecule has 0 aliphatic carbocycles. The number of hydrogen-bond acceptors (Lipinski definition) is 2. The summed E-state index contributed by atoms with van der Waals surface area (Å²) in [6.45, 7) is 8.34. The molecule has 1 aliphatic heterocycles. The van der Waals surface area contributed by atoms with E-state index in [-0.39, 0.29) is 0 Å². The number of benzene rings is 1. The molecule has 0 saturated heterocycles. The van der Waals surface area contributed by atoms with E-state index in [9.17, 15) is 0 Å². The predicted octanol–water partition coefficient (Wildman–Crippen LogP) is 3.84. The predicted molar refractivity (Wildman–Crippen MR) is 78.8 cm³/mol. The molecule has 0 unspecified atom stereocenters. The third-order valence-electron chi connectivity index (χ3n) is 3.46. The van der Waals surface area contributed by atoms with E-state index in [4.69, 9.17) is 0 Å². The molecule has 0 fully saturated rings. The standard InChI is InChI=1S/C16H24N2/c1-3-4-5-10-17-12-14-7-9-16-15(11-14)8-6-13(2)18-16/h7,9,11,17-18H,2-6,8,10,12H2,1H3. The molecule has 0 amide bonds. The van der Waals surface area contributed by atoms with Gasteiger partial charge in [0.1, 0.15) is 0 Å². The van der Waals surface area contributed by atoms with E-state index < -0.39 is 0 Å². The van der Waals surface area contributed by atoms with Gasteiger partial charge in [-0.3, -0.25) is 0 Å². The normalized spacial score (nSPS) is 14.2. The summed E-state index contributed by atoms with van der Waals surface area (Å²) in [4.78, 5) is 0. The summed E-state index contributed by atoms with van der Waals surface area (Å²) in [6.07, 6.45) is 6.06. The van der Waals surface area contributed by atoms with Crippen LogP contribution in [0.1, 0.15) is 43.7 Å². The molecule has 2 N–H and O–H groups in total. The van der Waals surface area contributed by atoms with Gasteiger partial charge in [-0.15, -0.1) is 0 Å². The summed E-state index contributed by atoms with van der Waals surface area (Å²) < 4.78 is 0. The van der Waals surface area contributed by atoms with Crippen LogP contribution in [0.15, 0.2) is 30.5 Å². The second-order valence-corrected chi connectivity index (χ2v) is 5.10. The van der Waals surface area contributed by atoms with Crippen molar-refractivity contribution < 1.29 is 0 Å². The Morgan fingerprint density at radius 2 is 2.17 bits per heavy atom. The highest BCUT2D eigenvalue weighted by molar-refractivity contribution is 5.58. The molecule has 0 radical (unpaired) electrons. The average Bonchev–Trinajstić information content (AvgIpc) is 2.38. The van der Waals surface area contributed by atoms with Crippen LogP contribution in [0, 0.1) is 0 Å². The summed E-state index contributed by atoms with van der Waals surface area (Å²) >= 11 is 0. The summed E-state index contributed by atoms with van der Waals surface area (Å²) in [5, 5.41) is 6.87. The molecule has 1 heterocycles. The molecule has 0 bridgehead atoms. The Bertz CT molecular complexity index is 410. The van der Waals surface area contributed by atoms with Crippen LogP contribution >= 0.6 is 0 Å². The molecular weight excluding hydrogens is 220 g/mol. The average molecular weight is 244 g/mol. The van der Waals surface area contributed by atoms with Gasteiger partial charge in [0.2, 0.25) is 0 Å². The molecule has 2 nitrogen and oxygen atoms in total. The van der Waals surface area contributed by atoms with E-state index >= 15 is 0 Å². The van der Waals surface area contributed by atoms with Gasteiger partial charge >= 0.3 is 0 Å². The number of nitrogens with one attached hydrogen (secondary N) is 2. The molecule has 98 valence electrons. The lowest BCUT2D eigenvalue weighted by Gasteiger charge is -2.20. The van der Waals surface area contributed by atoms with Crippen LogP contribution in [0.25, 0.3) is 0 Å². The van der Waals surface area contributed by atoms with Crippen molar-refractivity contribution in [1.82, 2.24) is 5.32 Å². The first-order valence-electron chi connectivity index (χ1n) is 7.07. The molecule has 1 aliphatic rings.